The monoisotopic (exact) mass is 935 g/mol. The highest BCUT2D eigenvalue weighted by Crippen LogP contribution is 2.16. The highest BCUT2D eigenvalue weighted by atomic mass is 16.6. The van der Waals surface area contributed by atoms with Gasteiger partial charge < -0.3 is 14.2 Å². The first-order valence-corrected chi connectivity index (χ1v) is 28.4. The second kappa shape index (κ2) is 55.4. The minimum Gasteiger partial charge on any atom is -0.462 e. The first kappa shape index (κ1) is 63.8. The Bertz CT molecular complexity index is 1260. The Balaban J connectivity index is 4.10. The van der Waals surface area contributed by atoms with E-state index < -0.39 is 6.10 Å². The number of hydrogen-bond acceptors (Lipinski definition) is 6. The van der Waals surface area contributed by atoms with Gasteiger partial charge in [0.25, 0.3) is 0 Å². The maximum atomic E-state index is 12.8. The normalized spacial score (nSPS) is 12.6. The van der Waals surface area contributed by atoms with Crippen LogP contribution in [0.5, 0.6) is 0 Å². The third kappa shape index (κ3) is 53.7. The summed E-state index contributed by atoms with van der Waals surface area (Å²) in [6.07, 6.45) is 70.6. The van der Waals surface area contributed by atoms with Crippen LogP contribution in [0.15, 0.2) is 72.9 Å². The van der Waals surface area contributed by atoms with Gasteiger partial charge in [-0.25, -0.2) is 0 Å². The van der Waals surface area contributed by atoms with Gasteiger partial charge in [-0.15, -0.1) is 0 Å². The smallest absolute Gasteiger partial charge is 0.306 e. The topological polar surface area (TPSA) is 78.9 Å². The summed E-state index contributed by atoms with van der Waals surface area (Å²) in [6, 6.07) is 0. The zero-order chi connectivity index (χ0) is 48.6. The molecule has 0 spiro atoms. The van der Waals surface area contributed by atoms with Crippen LogP contribution in [-0.2, 0) is 28.6 Å². The molecule has 0 aromatic rings. The Morgan fingerprint density at radius 2 is 0.597 bits per heavy atom. The van der Waals surface area contributed by atoms with Gasteiger partial charge in [0.1, 0.15) is 13.2 Å². The van der Waals surface area contributed by atoms with Crippen molar-refractivity contribution >= 4 is 17.9 Å². The van der Waals surface area contributed by atoms with E-state index in [4.69, 9.17) is 14.2 Å². The van der Waals surface area contributed by atoms with Gasteiger partial charge in [0.2, 0.25) is 0 Å². The van der Waals surface area contributed by atoms with E-state index in [-0.39, 0.29) is 31.1 Å². The molecule has 0 N–H and O–H groups in total. The van der Waals surface area contributed by atoms with Crippen LogP contribution in [0.4, 0.5) is 0 Å². The van der Waals surface area contributed by atoms with E-state index in [9.17, 15) is 14.4 Å². The van der Waals surface area contributed by atoms with Crippen molar-refractivity contribution in [3.63, 3.8) is 0 Å². The summed E-state index contributed by atoms with van der Waals surface area (Å²) >= 11 is 0. The van der Waals surface area contributed by atoms with E-state index in [2.05, 4.69) is 93.7 Å². The summed E-state index contributed by atoms with van der Waals surface area (Å²) in [5, 5.41) is 0. The second-order valence-electron chi connectivity index (χ2n) is 18.8. The lowest BCUT2D eigenvalue weighted by Crippen LogP contribution is -2.30. The van der Waals surface area contributed by atoms with Gasteiger partial charge in [-0.1, -0.05) is 248 Å². The van der Waals surface area contributed by atoms with E-state index in [1.165, 1.54) is 135 Å². The fourth-order valence-corrected chi connectivity index (χ4v) is 7.92. The molecule has 0 aliphatic rings. The van der Waals surface area contributed by atoms with Crippen LogP contribution in [0, 0.1) is 0 Å². The van der Waals surface area contributed by atoms with Gasteiger partial charge >= 0.3 is 17.9 Å². The van der Waals surface area contributed by atoms with Gasteiger partial charge in [-0.05, 0) is 83.5 Å². The van der Waals surface area contributed by atoms with Crippen molar-refractivity contribution in [1.82, 2.24) is 0 Å². The molecule has 0 rings (SSSR count). The molecular formula is C61H106O6. The fourth-order valence-electron chi connectivity index (χ4n) is 7.92. The lowest BCUT2D eigenvalue weighted by Gasteiger charge is -2.18. The molecule has 0 aliphatic heterocycles. The summed E-state index contributed by atoms with van der Waals surface area (Å²) < 4.78 is 16.8. The van der Waals surface area contributed by atoms with Gasteiger partial charge in [-0.3, -0.25) is 14.4 Å². The zero-order valence-corrected chi connectivity index (χ0v) is 44.2. The summed E-state index contributed by atoms with van der Waals surface area (Å²) in [6.45, 7) is 6.47. The molecule has 1 atom stereocenters. The van der Waals surface area contributed by atoms with Crippen molar-refractivity contribution in [2.45, 2.75) is 284 Å². The van der Waals surface area contributed by atoms with Gasteiger partial charge in [-0.2, -0.15) is 0 Å². The van der Waals surface area contributed by atoms with Crippen LogP contribution in [0.1, 0.15) is 278 Å². The average molecular weight is 936 g/mol. The summed E-state index contributed by atoms with van der Waals surface area (Å²) in [4.78, 5) is 37.9. The van der Waals surface area contributed by atoms with Crippen LogP contribution in [0.3, 0.4) is 0 Å². The lowest BCUT2D eigenvalue weighted by molar-refractivity contribution is -0.167. The molecule has 0 aromatic carbocycles. The molecule has 6 heteroatoms. The van der Waals surface area contributed by atoms with E-state index in [0.29, 0.717) is 19.3 Å². The van der Waals surface area contributed by atoms with Crippen LogP contribution in [0.25, 0.3) is 0 Å². The van der Waals surface area contributed by atoms with Crippen LogP contribution < -0.4 is 0 Å². The highest BCUT2D eigenvalue weighted by Gasteiger charge is 2.19. The first-order valence-electron chi connectivity index (χ1n) is 28.4. The van der Waals surface area contributed by atoms with E-state index in [0.717, 1.165) is 103 Å². The molecule has 0 fully saturated rings. The molecule has 0 aliphatic carbocycles. The molecule has 0 saturated carbocycles. The van der Waals surface area contributed by atoms with E-state index >= 15 is 0 Å². The molecule has 0 radical (unpaired) electrons. The van der Waals surface area contributed by atoms with Crippen molar-refractivity contribution < 1.29 is 28.6 Å². The lowest BCUT2D eigenvalue weighted by atomic mass is 10.0. The number of ether oxygens (including phenoxy) is 3. The van der Waals surface area contributed by atoms with Crippen molar-refractivity contribution in [1.29, 1.82) is 0 Å². The number of allylic oxidation sites excluding steroid dienone is 12. The number of carbonyl (C=O) groups excluding carboxylic acids is 3. The summed E-state index contributed by atoms with van der Waals surface area (Å²) in [7, 11) is 0. The molecule has 386 valence electrons. The summed E-state index contributed by atoms with van der Waals surface area (Å²) in [5.74, 6) is -0.884. The SMILES string of the molecule is CC/C=C\C/C=C\C/C=C\C/C=C\C/C=C\CCCCCCCCCCCCCCCC(=O)OCC(COC(=O)CCCCCCCCCCC)OC(=O)CCCCCCC/C=C\CCCC. The minimum absolute atomic E-state index is 0.0759. The largest absolute Gasteiger partial charge is 0.462 e. The highest BCUT2D eigenvalue weighted by molar-refractivity contribution is 5.71. The van der Waals surface area contributed by atoms with Crippen LogP contribution >= 0.6 is 0 Å². The molecule has 0 amide bonds. The first-order chi connectivity index (χ1) is 33.0. The fraction of sp³-hybridized carbons (Fsp3) is 0.754. The maximum absolute atomic E-state index is 12.8. The van der Waals surface area contributed by atoms with E-state index in [1.54, 1.807) is 0 Å². The Hall–Kier alpha value is -3.15. The predicted octanol–water partition coefficient (Wildman–Crippen LogP) is 19.0. The maximum Gasteiger partial charge on any atom is 0.306 e. The zero-order valence-electron chi connectivity index (χ0n) is 44.2. The Morgan fingerprint density at radius 1 is 0.313 bits per heavy atom. The Kier molecular flexibility index (Phi) is 52.8. The third-order valence-corrected chi connectivity index (χ3v) is 12.2. The van der Waals surface area contributed by atoms with Gasteiger partial charge in [0, 0.05) is 19.3 Å². The molecule has 0 saturated heterocycles. The van der Waals surface area contributed by atoms with Gasteiger partial charge in [0.05, 0.1) is 0 Å². The van der Waals surface area contributed by atoms with Crippen molar-refractivity contribution in [2.75, 3.05) is 13.2 Å². The Morgan fingerprint density at radius 3 is 0.970 bits per heavy atom. The molecule has 67 heavy (non-hydrogen) atoms. The molecule has 1 unspecified atom stereocenters. The standard InChI is InChI=1S/C61H106O6/c1-4-7-10-13-16-19-21-22-23-24-25-26-27-28-29-30-31-32-33-34-35-36-37-38-40-42-45-48-51-54-60(63)66-57-58(56-65-59(62)53-50-47-44-41-18-15-12-9-6-3)67-61(64)55-52-49-46-43-39-20-17-14-11-8-5-2/h7,10,14,16-17,19,22-23,25-26,28-29,58H,4-6,8-9,11-13,15,18,20-21,24,27,30-57H2,1-3H3/b10-7-,17-14-,19-16-,23-22-,26-25-,29-28-. The molecule has 0 aromatic heterocycles. The van der Waals surface area contributed by atoms with Crippen molar-refractivity contribution in [3.8, 4) is 0 Å². The van der Waals surface area contributed by atoms with Gasteiger partial charge in [0.15, 0.2) is 6.10 Å². The number of rotatable bonds is 51. The predicted molar refractivity (Wildman–Crippen MR) is 288 cm³/mol. The quantitative estimate of drug-likeness (QED) is 0.0262. The van der Waals surface area contributed by atoms with Crippen LogP contribution in [-0.4, -0.2) is 37.2 Å². The summed E-state index contributed by atoms with van der Waals surface area (Å²) in [5.41, 5.74) is 0. The van der Waals surface area contributed by atoms with Crippen molar-refractivity contribution in [3.05, 3.63) is 72.9 Å². The number of hydrogen-bond donors (Lipinski definition) is 0. The van der Waals surface area contributed by atoms with Crippen molar-refractivity contribution in [2.24, 2.45) is 0 Å². The minimum atomic E-state index is -0.775. The molecule has 0 heterocycles. The van der Waals surface area contributed by atoms with E-state index in [1.807, 2.05) is 0 Å². The number of unbranched alkanes of at least 4 members (excludes halogenated alkanes) is 28. The van der Waals surface area contributed by atoms with Crippen LogP contribution in [0.2, 0.25) is 0 Å². The number of esters is 3. The molecule has 0 bridgehead atoms. The third-order valence-electron chi connectivity index (χ3n) is 12.2. The average Bonchev–Trinajstić information content (AvgIpc) is 3.33. The molecular weight excluding hydrogens is 829 g/mol. The second-order valence-corrected chi connectivity index (χ2v) is 18.8. The molecule has 6 nitrogen and oxygen atoms in total. The Labute approximate surface area is 414 Å². The number of carbonyl (C=O) groups is 3.